The Balaban J connectivity index is 1.81. The molecule has 1 aromatic heterocycles. The molecule has 0 spiro atoms. The third-order valence-electron chi connectivity index (χ3n) is 3.02. The molecule has 1 atom stereocenters. The van der Waals surface area contributed by atoms with Crippen molar-refractivity contribution in [1.29, 1.82) is 0 Å². The van der Waals surface area contributed by atoms with Gasteiger partial charge in [-0.05, 0) is 30.5 Å². The number of carbonyl (C=O) groups excluding carboxylic acids is 3. The second-order valence-electron chi connectivity index (χ2n) is 4.93. The summed E-state index contributed by atoms with van der Waals surface area (Å²) in [5, 5.41) is 7.23. The van der Waals surface area contributed by atoms with Gasteiger partial charge in [-0.15, -0.1) is 11.3 Å². The smallest absolute Gasteiger partial charge is 0.328 e. The first-order chi connectivity index (χ1) is 11.9. The topological polar surface area (TPSA) is 84.5 Å². The molecular formula is C16H14Cl2N2O4S. The average molecular weight is 401 g/mol. The van der Waals surface area contributed by atoms with Crippen LogP contribution in [0.5, 0.6) is 0 Å². The van der Waals surface area contributed by atoms with Crippen LogP contribution in [0.15, 0.2) is 35.7 Å². The molecule has 0 bridgehead atoms. The molecule has 0 saturated heterocycles. The molecule has 0 fully saturated rings. The molecule has 0 aliphatic heterocycles. The molecule has 25 heavy (non-hydrogen) atoms. The van der Waals surface area contributed by atoms with Gasteiger partial charge in [-0.2, -0.15) is 0 Å². The Morgan fingerprint density at radius 1 is 1.20 bits per heavy atom. The van der Waals surface area contributed by atoms with E-state index in [4.69, 9.17) is 27.9 Å². The van der Waals surface area contributed by atoms with Crippen molar-refractivity contribution in [2.75, 3.05) is 11.9 Å². The fourth-order valence-corrected chi connectivity index (χ4v) is 2.76. The van der Waals surface area contributed by atoms with Gasteiger partial charge in [0, 0.05) is 0 Å². The van der Waals surface area contributed by atoms with Crippen LogP contribution in [0.4, 0.5) is 5.69 Å². The Bertz CT molecular complexity index is 780. The lowest BCUT2D eigenvalue weighted by Crippen LogP contribution is -2.40. The highest BCUT2D eigenvalue weighted by atomic mass is 35.5. The number of hydrogen-bond acceptors (Lipinski definition) is 5. The van der Waals surface area contributed by atoms with Crippen molar-refractivity contribution >= 4 is 58.0 Å². The number of carbonyl (C=O) groups is 3. The first-order valence-corrected chi connectivity index (χ1v) is 8.77. The molecule has 1 heterocycles. The standard InChI is InChI=1S/C16H14Cl2N2O4S/c1-9(19-15(22)12-6-3-7-25-12)16(23)24-8-13(21)20-11-5-2-4-10(17)14(11)18/h2-7,9H,8H2,1H3,(H,19,22)(H,20,21). The van der Waals surface area contributed by atoms with Crippen LogP contribution in [-0.4, -0.2) is 30.4 Å². The Morgan fingerprint density at radius 2 is 1.96 bits per heavy atom. The SMILES string of the molecule is CC(NC(=O)c1cccs1)C(=O)OCC(=O)Nc1cccc(Cl)c1Cl. The van der Waals surface area contributed by atoms with Crippen LogP contribution >= 0.6 is 34.5 Å². The summed E-state index contributed by atoms with van der Waals surface area (Å²) in [6.45, 7) is 0.959. The fourth-order valence-electron chi connectivity index (χ4n) is 1.78. The number of rotatable bonds is 6. The van der Waals surface area contributed by atoms with Crippen LogP contribution in [-0.2, 0) is 14.3 Å². The minimum absolute atomic E-state index is 0.195. The van der Waals surface area contributed by atoms with Crippen LogP contribution in [0.3, 0.4) is 0 Å². The van der Waals surface area contributed by atoms with Crippen molar-refractivity contribution in [1.82, 2.24) is 5.32 Å². The summed E-state index contributed by atoms with van der Waals surface area (Å²) in [6.07, 6.45) is 0. The molecule has 2 amide bonds. The second kappa shape index (κ2) is 8.84. The summed E-state index contributed by atoms with van der Waals surface area (Å²) in [5.41, 5.74) is 0.314. The summed E-state index contributed by atoms with van der Waals surface area (Å²) < 4.78 is 4.89. The number of halogens is 2. The first-order valence-electron chi connectivity index (χ1n) is 7.13. The lowest BCUT2D eigenvalue weighted by atomic mass is 10.3. The average Bonchev–Trinajstić information content (AvgIpc) is 3.11. The maximum Gasteiger partial charge on any atom is 0.328 e. The summed E-state index contributed by atoms with van der Waals surface area (Å²) in [5.74, 6) is -1.68. The Labute approximate surface area is 158 Å². The van der Waals surface area contributed by atoms with Crippen molar-refractivity contribution in [3.63, 3.8) is 0 Å². The van der Waals surface area contributed by atoms with E-state index >= 15 is 0 Å². The van der Waals surface area contributed by atoms with Crippen molar-refractivity contribution < 1.29 is 19.1 Å². The van der Waals surface area contributed by atoms with Crippen LogP contribution < -0.4 is 10.6 Å². The number of ether oxygens (including phenoxy) is 1. The number of anilines is 1. The van der Waals surface area contributed by atoms with Gasteiger partial charge in [-0.3, -0.25) is 9.59 Å². The zero-order valence-corrected chi connectivity index (χ0v) is 15.4. The van der Waals surface area contributed by atoms with Crippen molar-refractivity contribution in [3.05, 3.63) is 50.6 Å². The maximum absolute atomic E-state index is 11.9. The maximum atomic E-state index is 11.9. The van der Waals surface area contributed by atoms with Gasteiger partial charge >= 0.3 is 5.97 Å². The third kappa shape index (κ3) is 5.45. The Kier molecular flexibility index (Phi) is 6.81. The Morgan fingerprint density at radius 3 is 2.64 bits per heavy atom. The molecule has 0 radical (unpaired) electrons. The first kappa shape index (κ1) is 19.2. The van der Waals surface area contributed by atoms with E-state index in [-0.39, 0.29) is 10.9 Å². The summed E-state index contributed by atoms with van der Waals surface area (Å²) in [6, 6.07) is 7.25. The molecule has 2 N–H and O–H groups in total. The van der Waals surface area contributed by atoms with Gasteiger partial charge in [0.2, 0.25) is 0 Å². The number of amides is 2. The molecule has 1 unspecified atom stereocenters. The van der Waals surface area contributed by atoms with E-state index in [1.807, 2.05) is 0 Å². The van der Waals surface area contributed by atoms with Crippen LogP contribution in [0, 0.1) is 0 Å². The van der Waals surface area contributed by atoms with E-state index in [1.165, 1.54) is 18.3 Å². The lowest BCUT2D eigenvalue weighted by Gasteiger charge is -2.13. The number of thiophene rings is 1. The zero-order valence-electron chi connectivity index (χ0n) is 13.0. The van der Waals surface area contributed by atoms with Gasteiger partial charge in [0.15, 0.2) is 6.61 Å². The molecule has 6 nitrogen and oxygen atoms in total. The number of esters is 1. The molecule has 132 valence electrons. The van der Waals surface area contributed by atoms with E-state index in [0.29, 0.717) is 15.6 Å². The van der Waals surface area contributed by atoms with Gasteiger partial charge < -0.3 is 15.4 Å². The normalized spacial score (nSPS) is 11.5. The van der Waals surface area contributed by atoms with Crippen LogP contribution in [0.1, 0.15) is 16.6 Å². The van der Waals surface area contributed by atoms with E-state index in [9.17, 15) is 14.4 Å². The van der Waals surface area contributed by atoms with Crippen molar-refractivity contribution in [3.8, 4) is 0 Å². The predicted molar refractivity (Wildman–Crippen MR) is 97.3 cm³/mol. The molecule has 2 aromatic rings. The minimum Gasteiger partial charge on any atom is -0.454 e. The van der Waals surface area contributed by atoms with Gasteiger partial charge in [0.05, 0.1) is 20.6 Å². The molecule has 1 aromatic carbocycles. The number of hydrogen-bond donors (Lipinski definition) is 2. The van der Waals surface area contributed by atoms with Gasteiger partial charge in [0.25, 0.3) is 11.8 Å². The fraction of sp³-hybridized carbons (Fsp3) is 0.188. The lowest BCUT2D eigenvalue weighted by molar-refractivity contribution is -0.148. The highest BCUT2D eigenvalue weighted by Gasteiger charge is 2.19. The molecular weight excluding hydrogens is 387 g/mol. The van der Waals surface area contributed by atoms with Gasteiger partial charge in [-0.1, -0.05) is 35.3 Å². The zero-order chi connectivity index (χ0) is 18.4. The molecule has 0 aliphatic carbocycles. The van der Waals surface area contributed by atoms with Crippen LogP contribution in [0.25, 0.3) is 0 Å². The highest BCUT2D eigenvalue weighted by Crippen LogP contribution is 2.29. The Hall–Kier alpha value is -2.09. The largest absolute Gasteiger partial charge is 0.454 e. The van der Waals surface area contributed by atoms with Gasteiger partial charge in [0.1, 0.15) is 6.04 Å². The molecule has 9 heteroatoms. The van der Waals surface area contributed by atoms with Crippen molar-refractivity contribution in [2.45, 2.75) is 13.0 Å². The summed E-state index contributed by atoms with van der Waals surface area (Å²) >= 11 is 13.1. The van der Waals surface area contributed by atoms with Crippen LogP contribution in [0.2, 0.25) is 10.0 Å². The molecule has 0 saturated carbocycles. The monoisotopic (exact) mass is 400 g/mol. The van der Waals surface area contributed by atoms with E-state index < -0.39 is 24.5 Å². The molecule has 0 aliphatic rings. The number of benzene rings is 1. The third-order valence-corrected chi connectivity index (χ3v) is 4.70. The number of nitrogens with one attached hydrogen (secondary N) is 2. The van der Waals surface area contributed by atoms with E-state index in [2.05, 4.69) is 10.6 Å². The highest BCUT2D eigenvalue weighted by molar-refractivity contribution is 7.12. The summed E-state index contributed by atoms with van der Waals surface area (Å²) in [7, 11) is 0. The van der Waals surface area contributed by atoms with E-state index in [0.717, 1.165) is 0 Å². The van der Waals surface area contributed by atoms with Crippen molar-refractivity contribution in [2.24, 2.45) is 0 Å². The quantitative estimate of drug-likeness (QED) is 0.728. The summed E-state index contributed by atoms with van der Waals surface area (Å²) in [4.78, 5) is 36.0. The van der Waals surface area contributed by atoms with E-state index in [1.54, 1.807) is 35.7 Å². The molecule has 2 rings (SSSR count). The minimum atomic E-state index is -0.892. The van der Waals surface area contributed by atoms with Gasteiger partial charge in [-0.25, -0.2) is 4.79 Å². The predicted octanol–water partition coefficient (Wildman–Crippen LogP) is 3.36. The second-order valence-corrected chi connectivity index (χ2v) is 6.66.